The van der Waals surface area contributed by atoms with Crippen LogP contribution in [0.4, 0.5) is 4.79 Å². The Morgan fingerprint density at radius 3 is 2.47 bits per heavy atom. The van der Waals surface area contributed by atoms with E-state index in [1.54, 1.807) is 6.92 Å². The first-order chi connectivity index (χ1) is 7.26. The van der Waals surface area contributed by atoms with Crippen LogP contribution in [0.15, 0.2) is 0 Å². The van der Waals surface area contributed by atoms with E-state index in [4.69, 9.17) is 9.84 Å². The molecule has 0 aliphatic heterocycles. The van der Waals surface area contributed by atoms with Crippen LogP contribution in [-0.4, -0.2) is 31.0 Å². The van der Waals surface area contributed by atoms with Gasteiger partial charge >= 0.3 is 6.09 Å². The van der Waals surface area contributed by atoms with Gasteiger partial charge in [0.2, 0.25) is 0 Å². The van der Waals surface area contributed by atoms with E-state index in [1.807, 2.05) is 0 Å². The Balaban J connectivity index is 2.10. The molecule has 4 nitrogen and oxygen atoms in total. The zero-order chi connectivity index (χ0) is 11.1. The smallest absolute Gasteiger partial charge is 0.407 e. The van der Waals surface area contributed by atoms with E-state index in [9.17, 15) is 4.79 Å². The van der Waals surface area contributed by atoms with Crippen molar-refractivity contribution in [2.75, 3.05) is 19.8 Å². The molecule has 0 spiro atoms. The molecule has 1 rings (SSSR count). The summed E-state index contributed by atoms with van der Waals surface area (Å²) < 4.78 is 4.79. The standard InChI is InChI=1S/C11H21NO3/c1-2-15-11(14)12-7-9-3-5-10(8-13)6-4-9/h9-10,13H,2-8H2,1H3,(H,12,14). The van der Waals surface area contributed by atoms with Gasteiger partial charge in [-0.05, 0) is 44.4 Å². The summed E-state index contributed by atoms with van der Waals surface area (Å²) in [7, 11) is 0. The van der Waals surface area contributed by atoms with Gasteiger partial charge < -0.3 is 15.2 Å². The molecule has 0 saturated heterocycles. The molecule has 1 fully saturated rings. The maximum Gasteiger partial charge on any atom is 0.407 e. The number of aliphatic hydroxyl groups is 1. The van der Waals surface area contributed by atoms with E-state index in [0.717, 1.165) is 25.7 Å². The minimum Gasteiger partial charge on any atom is -0.450 e. The lowest BCUT2D eigenvalue weighted by Crippen LogP contribution is -2.32. The number of hydrogen-bond donors (Lipinski definition) is 2. The second kappa shape index (κ2) is 6.67. The van der Waals surface area contributed by atoms with Crippen LogP contribution < -0.4 is 5.32 Å². The number of carbonyl (C=O) groups excluding carboxylic acids is 1. The molecule has 0 heterocycles. The highest BCUT2D eigenvalue weighted by Crippen LogP contribution is 2.27. The van der Waals surface area contributed by atoms with Crippen molar-refractivity contribution in [1.82, 2.24) is 5.32 Å². The van der Waals surface area contributed by atoms with E-state index in [0.29, 0.717) is 31.6 Å². The molecule has 0 aromatic rings. The summed E-state index contributed by atoms with van der Waals surface area (Å²) in [5, 5.41) is 11.7. The summed E-state index contributed by atoms with van der Waals surface area (Å²) in [5.74, 6) is 1.03. The fraction of sp³-hybridized carbons (Fsp3) is 0.909. The molecule has 4 heteroatoms. The lowest BCUT2D eigenvalue weighted by molar-refractivity contribution is 0.142. The van der Waals surface area contributed by atoms with E-state index >= 15 is 0 Å². The third-order valence-electron chi connectivity index (χ3n) is 3.04. The normalized spacial score (nSPS) is 26.0. The fourth-order valence-electron chi connectivity index (χ4n) is 2.03. The SMILES string of the molecule is CCOC(=O)NCC1CCC(CO)CC1. The number of amides is 1. The number of aliphatic hydroxyl groups excluding tert-OH is 1. The van der Waals surface area contributed by atoms with Gasteiger partial charge in [0.1, 0.15) is 0 Å². The van der Waals surface area contributed by atoms with Crippen molar-refractivity contribution in [2.24, 2.45) is 11.8 Å². The number of rotatable bonds is 4. The van der Waals surface area contributed by atoms with Gasteiger partial charge in [-0.15, -0.1) is 0 Å². The topological polar surface area (TPSA) is 58.6 Å². The van der Waals surface area contributed by atoms with Gasteiger partial charge in [-0.1, -0.05) is 0 Å². The summed E-state index contributed by atoms with van der Waals surface area (Å²) in [6.45, 7) is 3.23. The van der Waals surface area contributed by atoms with Gasteiger partial charge in [0, 0.05) is 13.2 Å². The molecule has 1 saturated carbocycles. The fourth-order valence-corrected chi connectivity index (χ4v) is 2.03. The van der Waals surface area contributed by atoms with Crippen molar-refractivity contribution in [3.8, 4) is 0 Å². The second-order valence-corrected chi connectivity index (χ2v) is 4.17. The molecular formula is C11H21NO3. The van der Waals surface area contributed by atoms with Crippen LogP contribution in [0.1, 0.15) is 32.6 Å². The van der Waals surface area contributed by atoms with Crippen LogP contribution in [0.5, 0.6) is 0 Å². The zero-order valence-corrected chi connectivity index (χ0v) is 9.37. The van der Waals surface area contributed by atoms with E-state index in [1.165, 1.54) is 0 Å². The summed E-state index contributed by atoms with van der Waals surface area (Å²) in [6, 6.07) is 0. The van der Waals surface area contributed by atoms with E-state index in [-0.39, 0.29) is 6.09 Å². The maximum atomic E-state index is 11.0. The quantitative estimate of drug-likeness (QED) is 0.747. The predicted octanol–water partition coefficient (Wildman–Crippen LogP) is 1.53. The molecule has 1 aliphatic carbocycles. The van der Waals surface area contributed by atoms with Crippen molar-refractivity contribution in [3.63, 3.8) is 0 Å². The van der Waals surface area contributed by atoms with Crippen LogP contribution >= 0.6 is 0 Å². The number of hydrogen-bond acceptors (Lipinski definition) is 3. The van der Waals surface area contributed by atoms with E-state index < -0.39 is 0 Å². The van der Waals surface area contributed by atoms with Crippen molar-refractivity contribution in [1.29, 1.82) is 0 Å². The van der Waals surface area contributed by atoms with Crippen molar-refractivity contribution >= 4 is 6.09 Å². The molecule has 15 heavy (non-hydrogen) atoms. The average Bonchev–Trinajstić information content (AvgIpc) is 2.27. The molecule has 1 amide bonds. The van der Waals surface area contributed by atoms with Gasteiger partial charge in [0.15, 0.2) is 0 Å². The van der Waals surface area contributed by atoms with Crippen LogP contribution in [0.25, 0.3) is 0 Å². The molecule has 2 N–H and O–H groups in total. The Labute approximate surface area is 91.0 Å². The minimum atomic E-state index is -0.318. The zero-order valence-electron chi connectivity index (χ0n) is 9.37. The van der Waals surface area contributed by atoms with Crippen molar-refractivity contribution in [3.05, 3.63) is 0 Å². The molecule has 0 atom stereocenters. The van der Waals surface area contributed by atoms with Crippen LogP contribution in [0.3, 0.4) is 0 Å². The Morgan fingerprint density at radius 2 is 1.93 bits per heavy atom. The lowest BCUT2D eigenvalue weighted by atomic mass is 9.82. The highest BCUT2D eigenvalue weighted by molar-refractivity contribution is 5.66. The van der Waals surface area contributed by atoms with Crippen LogP contribution in [0, 0.1) is 11.8 Å². The number of ether oxygens (including phenoxy) is 1. The summed E-state index contributed by atoms with van der Waals surface area (Å²) in [5.41, 5.74) is 0. The number of alkyl carbamates (subject to hydrolysis) is 1. The van der Waals surface area contributed by atoms with Crippen LogP contribution in [0.2, 0.25) is 0 Å². The Morgan fingerprint density at radius 1 is 1.33 bits per heavy atom. The van der Waals surface area contributed by atoms with Gasteiger partial charge in [0.05, 0.1) is 6.61 Å². The predicted molar refractivity (Wildman–Crippen MR) is 57.6 cm³/mol. The molecule has 0 bridgehead atoms. The highest BCUT2D eigenvalue weighted by atomic mass is 16.5. The van der Waals surface area contributed by atoms with Crippen molar-refractivity contribution in [2.45, 2.75) is 32.6 Å². The first kappa shape index (κ1) is 12.3. The Bertz CT molecular complexity index is 188. The van der Waals surface area contributed by atoms with Gasteiger partial charge in [-0.3, -0.25) is 0 Å². The van der Waals surface area contributed by atoms with Crippen molar-refractivity contribution < 1.29 is 14.6 Å². The Kier molecular flexibility index (Phi) is 5.47. The largest absolute Gasteiger partial charge is 0.450 e. The molecular weight excluding hydrogens is 194 g/mol. The third-order valence-corrected chi connectivity index (χ3v) is 3.04. The first-order valence-corrected chi connectivity index (χ1v) is 5.77. The maximum absolute atomic E-state index is 11.0. The minimum absolute atomic E-state index is 0.304. The summed E-state index contributed by atoms with van der Waals surface area (Å²) in [6.07, 6.45) is 4.02. The Hall–Kier alpha value is -0.770. The molecule has 0 unspecified atom stereocenters. The molecule has 88 valence electrons. The first-order valence-electron chi connectivity index (χ1n) is 5.77. The number of nitrogens with one attached hydrogen (secondary N) is 1. The van der Waals surface area contributed by atoms with E-state index in [2.05, 4.69) is 5.32 Å². The van der Waals surface area contributed by atoms with Gasteiger partial charge in [-0.2, -0.15) is 0 Å². The molecule has 0 aromatic carbocycles. The second-order valence-electron chi connectivity index (χ2n) is 4.17. The molecule has 1 aliphatic rings. The van der Waals surface area contributed by atoms with Gasteiger partial charge in [-0.25, -0.2) is 4.79 Å². The van der Waals surface area contributed by atoms with Gasteiger partial charge in [0.25, 0.3) is 0 Å². The summed E-state index contributed by atoms with van der Waals surface area (Å²) in [4.78, 5) is 11.0. The number of carbonyl (C=O) groups is 1. The van der Waals surface area contributed by atoms with Crippen LogP contribution in [-0.2, 0) is 4.74 Å². The average molecular weight is 215 g/mol. The molecule has 0 aromatic heterocycles. The lowest BCUT2D eigenvalue weighted by Gasteiger charge is -2.27. The summed E-state index contributed by atoms with van der Waals surface area (Å²) >= 11 is 0. The third kappa shape index (κ3) is 4.51. The highest BCUT2D eigenvalue weighted by Gasteiger charge is 2.20. The molecule has 0 radical (unpaired) electrons. The monoisotopic (exact) mass is 215 g/mol.